The lowest BCUT2D eigenvalue weighted by Gasteiger charge is -2.36. The molecule has 36 heavy (non-hydrogen) atoms. The SMILES string of the molecule is COc1cc(OC)c2c(c1Cl)OC1(C2=O)C(O)=C(C=NCc2ccc(S(N)(=O)=O)cc2)C(=O)CC1C. The number of rotatable bonds is 6. The van der Waals surface area contributed by atoms with E-state index in [1.807, 2.05) is 0 Å². The molecule has 1 aliphatic heterocycles. The molecule has 1 spiro atoms. The minimum Gasteiger partial charge on any atom is -0.507 e. The van der Waals surface area contributed by atoms with Crippen LogP contribution in [0.15, 0.2) is 51.6 Å². The fourth-order valence-electron chi connectivity index (χ4n) is 4.34. The summed E-state index contributed by atoms with van der Waals surface area (Å²) in [5.74, 6) is -1.93. The summed E-state index contributed by atoms with van der Waals surface area (Å²) in [6.45, 7) is 1.69. The van der Waals surface area contributed by atoms with Crippen molar-refractivity contribution in [3.63, 3.8) is 0 Å². The molecule has 1 aliphatic carbocycles. The molecule has 10 nitrogen and oxygen atoms in total. The summed E-state index contributed by atoms with van der Waals surface area (Å²) in [6.07, 6.45) is 1.09. The van der Waals surface area contributed by atoms with Crippen LogP contribution in [0.1, 0.15) is 29.3 Å². The van der Waals surface area contributed by atoms with Crippen LogP contribution < -0.4 is 19.3 Å². The number of aliphatic hydroxyl groups is 1. The van der Waals surface area contributed by atoms with Gasteiger partial charge in [-0.2, -0.15) is 0 Å². The lowest BCUT2D eigenvalue weighted by atomic mass is 9.73. The Labute approximate surface area is 212 Å². The van der Waals surface area contributed by atoms with Gasteiger partial charge in [0.05, 0.1) is 31.2 Å². The summed E-state index contributed by atoms with van der Waals surface area (Å²) in [4.78, 5) is 30.6. The topological polar surface area (TPSA) is 155 Å². The lowest BCUT2D eigenvalue weighted by Crippen LogP contribution is -2.52. The van der Waals surface area contributed by atoms with Gasteiger partial charge in [0, 0.05) is 24.6 Å². The molecule has 1 heterocycles. The first kappa shape index (κ1) is 25.7. The van der Waals surface area contributed by atoms with Crippen molar-refractivity contribution in [1.82, 2.24) is 0 Å². The molecule has 12 heteroatoms. The van der Waals surface area contributed by atoms with E-state index < -0.39 is 38.9 Å². The Balaban J connectivity index is 1.71. The number of aliphatic hydroxyl groups excluding tert-OH is 1. The molecule has 0 radical (unpaired) electrons. The third-order valence-corrected chi connectivity index (χ3v) is 7.54. The van der Waals surface area contributed by atoms with Crippen LogP contribution in [0.5, 0.6) is 17.2 Å². The number of carbonyl (C=O) groups excluding carboxylic acids is 2. The Morgan fingerprint density at radius 3 is 2.44 bits per heavy atom. The van der Waals surface area contributed by atoms with E-state index in [1.165, 1.54) is 50.8 Å². The van der Waals surface area contributed by atoms with E-state index in [9.17, 15) is 23.1 Å². The van der Waals surface area contributed by atoms with Crippen molar-refractivity contribution >= 4 is 39.4 Å². The van der Waals surface area contributed by atoms with Gasteiger partial charge in [-0.25, -0.2) is 13.6 Å². The average Bonchev–Trinajstić information content (AvgIpc) is 3.15. The fourth-order valence-corrected chi connectivity index (χ4v) is 5.12. The van der Waals surface area contributed by atoms with Gasteiger partial charge in [-0.1, -0.05) is 30.7 Å². The van der Waals surface area contributed by atoms with E-state index in [4.69, 9.17) is 31.0 Å². The Morgan fingerprint density at radius 1 is 1.22 bits per heavy atom. The molecule has 0 saturated heterocycles. The highest BCUT2D eigenvalue weighted by atomic mass is 35.5. The van der Waals surface area contributed by atoms with Crippen LogP contribution in [0.2, 0.25) is 5.02 Å². The van der Waals surface area contributed by atoms with E-state index in [0.29, 0.717) is 5.56 Å². The molecule has 3 N–H and O–H groups in total. The third-order valence-electron chi connectivity index (χ3n) is 6.26. The van der Waals surface area contributed by atoms with Crippen molar-refractivity contribution in [2.75, 3.05) is 14.2 Å². The number of nitrogens with two attached hydrogens (primary N) is 1. The van der Waals surface area contributed by atoms with Crippen molar-refractivity contribution < 1.29 is 37.3 Å². The number of benzene rings is 2. The number of methoxy groups -OCH3 is 2. The highest BCUT2D eigenvalue weighted by Crippen LogP contribution is 2.54. The van der Waals surface area contributed by atoms with Crippen LogP contribution >= 0.6 is 11.6 Å². The van der Waals surface area contributed by atoms with Crippen LogP contribution in [-0.4, -0.2) is 51.1 Å². The van der Waals surface area contributed by atoms with Crippen LogP contribution in [0, 0.1) is 5.92 Å². The minimum atomic E-state index is -3.83. The summed E-state index contributed by atoms with van der Waals surface area (Å²) < 4.78 is 39.4. The van der Waals surface area contributed by atoms with Crippen LogP contribution in [-0.2, 0) is 21.4 Å². The van der Waals surface area contributed by atoms with Gasteiger partial charge in [-0.05, 0) is 17.7 Å². The number of hydrogen-bond donors (Lipinski definition) is 2. The van der Waals surface area contributed by atoms with Gasteiger partial charge in [0.15, 0.2) is 17.3 Å². The molecule has 0 saturated carbocycles. The van der Waals surface area contributed by atoms with Gasteiger partial charge < -0.3 is 19.3 Å². The van der Waals surface area contributed by atoms with Gasteiger partial charge in [-0.3, -0.25) is 14.6 Å². The van der Waals surface area contributed by atoms with Crippen molar-refractivity contribution in [2.45, 2.75) is 30.4 Å². The van der Waals surface area contributed by atoms with Gasteiger partial charge in [0.1, 0.15) is 22.1 Å². The number of sulfonamides is 1. The monoisotopic (exact) mass is 534 g/mol. The van der Waals surface area contributed by atoms with Crippen LogP contribution in [0.4, 0.5) is 0 Å². The largest absolute Gasteiger partial charge is 0.507 e. The molecule has 4 rings (SSSR count). The number of carbonyl (C=O) groups is 2. The molecule has 0 fully saturated rings. The second-order valence-electron chi connectivity index (χ2n) is 8.42. The van der Waals surface area contributed by atoms with Crippen molar-refractivity contribution in [1.29, 1.82) is 0 Å². The highest BCUT2D eigenvalue weighted by Gasteiger charge is 2.60. The number of nitrogens with zero attached hydrogens (tertiary/aromatic N) is 1. The molecule has 2 unspecified atom stereocenters. The summed E-state index contributed by atoms with van der Waals surface area (Å²) >= 11 is 6.41. The predicted octanol–water partition coefficient (Wildman–Crippen LogP) is 3.01. The maximum Gasteiger partial charge on any atom is 0.238 e. The molecule has 2 atom stereocenters. The second-order valence-corrected chi connectivity index (χ2v) is 10.4. The summed E-state index contributed by atoms with van der Waals surface area (Å²) in [7, 11) is -1.05. The van der Waals surface area contributed by atoms with Gasteiger partial charge in [0.25, 0.3) is 0 Å². The zero-order valence-electron chi connectivity index (χ0n) is 19.6. The lowest BCUT2D eigenvalue weighted by molar-refractivity contribution is -0.118. The molecule has 0 bridgehead atoms. The van der Waals surface area contributed by atoms with E-state index in [0.717, 1.165) is 0 Å². The molecule has 0 amide bonds. The first-order chi connectivity index (χ1) is 16.9. The second kappa shape index (κ2) is 9.23. The Bertz CT molecular complexity index is 1430. The quantitative estimate of drug-likeness (QED) is 0.536. The molecule has 0 aromatic heterocycles. The van der Waals surface area contributed by atoms with Crippen molar-refractivity contribution in [3.05, 3.63) is 57.8 Å². The zero-order chi connectivity index (χ0) is 26.4. The average molecular weight is 535 g/mol. The summed E-state index contributed by atoms with van der Waals surface area (Å²) in [5.41, 5.74) is -1.38. The number of halogens is 1. The number of aliphatic imine (C=N–C) groups is 1. The standard InChI is InChI=1S/C24H23ClN2O8S/c1-12-8-16(28)15(11-27-10-13-4-6-14(7-5-13)36(26,31)32)22(29)24(12)23(30)19-17(33-2)9-18(34-3)20(25)21(19)35-24/h4-7,9,11-12,29H,8,10H2,1-3H3,(H2,26,31,32). The van der Waals surface area contributed by atoms with Crippen molar-refractivity contribution in [2.24, 2.45) is 16.0 Å². The first-order valence-electron chi connectivity index (χ1n) is 10.7. The highest BCUT2D eigenvalue weighted by molar-refractivity contribution is 7.89. The van der Waals surface area contributed by atoms with Gasteiger partial charge in [0.2, 0.25) is 21.4 Å². The molecule has 2 aromatic rings. The fraction of sp³-hybridized carbons (Fsp3) is 0.292. The van der Waals surface area contributed by atoms with Crippen LogP contribution in [0.3, 0.4) is 0 Å². The van der Waals surface area contributed by atoms with E-state index in [1.54, 1.807) is 6.92 Å². The zero-order valence-corrected chi connectivity index (χ0v) is 21.1. The number of ether oxygens (including phenoxy) is 3. The number of hydrogen-bond acceptors (Lipinski definition) is 9. The Hall–Kier alpha value is -3.41. The number of Topliss-reactive ketones (excluding diaryl/α,β-unsaturated/α-hetero) is 2. The smallest absolute Gasteiger partial charge is 0.238 e. The molecular weight excluding hydrogens is 512 g/mol. The number of fused-ring (bicyclic) bond motifs is 1. The van der Waals surface area contributed by atoms with Gasteiger partial charge >= 0.3 is 0 Å². The Kier molecular flexibility index (Phi) is 6.58. The number of ketones is 2. The number of allylic oxidation sites excluding steroid dienone is 1. The maximum absolute atomic E-state index is 13.7. The van der Waals surface area contributed by atoms with Gasteiger partial charge in [-0.15, -0.1) is 0 Å². The Morgan fingerprint density at radius 2 is 1.86 bits per heavy atom. The van der Waals surface area contributed by atoms with E-state index >= 15 is 0 Å². The summed E-state index contributed by atoms with van der Waals surface area (Å²) in [5, 5.41) is 16.4. The van der Waals surface area contributed by atoms with Crippen LogP contribution in [0.25, 0.3) is 0 Å². The van der Waals surface area contributed by atoms with E-state index in [2.05, 4.69) is 4.99 Å². The molecule has 190 valence electrons. The van der Waals surface area contributed by atoms with E-state index in [-0.39, 0.29) is 51.3 Å². The number of primary sulfonamides is 1. The predicted molar refractivity (Wildman–Crippen MR) is 131 cm³/mol. The first-order valence-corrected chi connectivity index (χ1v) is 12.6. The summed E-state index contributed by atoms with van der Waals surface area (Å²) in [6, 6.07) is 7.18. The third kappa shape index (κ3) is 4.02. The normalized spacial score (nSPS) is 21.8. The molecule has 2 aliphatic rings. The van der Waals surface area contributed by atoms with Crippen molar-refractivity contribution in [3.8, 4) is 17.2 Å². The molecule has 2 aromatic carbocycles. The maximum atomic E-state index is 13.7. The minimum absolute atomic E-state index is 0.00292. The molecular formula is C24H23ClN2O8S.